The summed E-state index contributed by atoms with van der Waals surface area (Å²) in [5.74, 6) is -2.16. The number of carbonyl (C=O) groups excluding carboxylic acids is 4. The van der Waals surface area contributed by atoms with Gasteiger partial charge in [0, 0.05) is 26.5 Å². The Labute approximate surface area is 162 Å². The molecule has 9 heteroatoms. The number of aliphatic imine (C=N–C) groups is 1. The maximum absolute atomic E-state index is 13.1. The first-order valence-corrected chi connectivity index (χ1v) is 8.77. The minimum absolute atomic E-state index is 0.00349. The molecule has 2 amide bonds. The molecule has 1 atom stereocenters. The van der Waals surface area contributed by atoms with E-state index in [0.29, 0.717) is 0 Å². The first kappa shape index (κ1) is 21.2. The fourth-order valence-corrected chi connectivity index (χ4v) is 2.98. The number of pyridine rings is 1. The van der Waals surface area contributed by atoms with Crippen LogP contribution in [-0.2, 0) is 23.9 Å². The highest BCUT2D eigenvalue weighted by Crippen LogP contribution is 2.35. The largest absolute Gasteiger partial charge is 0.466 e. The molecular formula is C19H23N3O6. The Morgan fingerprint density at radius 2 is 1.89 bits per heavy atom. The predicted octanol–water partition coefficient (Wildman–Crippen LogP) is 1.35. The fraction of sp³-hybridized carbons (Fsp3) is 0.474. The van der Waals surface area contributed by atoms with Crippen LogP contribution >= 0.6 is 0 Å². The average molecular weight is 389 g/mol. The number of hydrogen-bond acceptors (Lipinski definition) is 8. The molecule has 1 aliphatic rings. The Balaban J connectivity index is 2.47. The van der Waals surface area contributed by atoms with Crippen LogP contribution in [0.2, 0.25) is 0 Å². The number of carbonyl (C=O) groups is 4. The van der Waals surface area contributed by atoms with Crippen molar-refractivity contribution in [3.63, 3.8) is 0 Å². The van der Waals surface area contributed by atoms with Gasteiger partial charge in [-0.1, -0.05) is 13.8 Å². The molecule has 1 aromatic rings. The molecule has 0 bridgehead atoms. The number of ether oxygens (including phenoxy) is 2. The maximum Gasteiger partial charge on any atom is 0.339 e. The van der Waals surface area contributed by atoms with Crippen LogP contribution in [0.1, 0.15) is 50.2 Å². The van der Waals surface area contributed by atoms with Crippen LogP contribution < -0.4 is 0 Å². The Kier molecular flexibility index (Phi) is 6.27. The van der Waals surface area contributed by atoms with E-state index in [4.69, 9.17) is 4.74 Å². The van der Waals surface area contributed by atoms with Crippen molar-refractivity contribution in [2.24, 2.45) is 10.9 Å². The number of imide groups is 1. The molecular weight excluding hydrogens is 366 g/mol. The molecule has 0 fully saturated rings. The molecule has 0 radical (unpaired) electrons. The smallest absolute Gasteiger partial charge is 0.339 e. The number of aromatic nitrogens is 1. The Bertz CT molecular complexity index is 831. The lowest BCUT2D eigenvalue weighted by atomic mass is 9.83. The molecule has 1 aliphatic heterocycles. The fourth-order valence-electron chi connectivity index (χ4n) is 2.98. The van der Waals surface area contributed by atoms with Crippen molar-refractivity contribution >= 4 is 29.6 Å². The highest BCUT2D eigenvalue weighted by atomic mass is 16.5. The van der Waals surface area contributed by atoms with Crippen LogP contribution in [0.4, 0.5) is 0 Å². The van der Waals surface area contributed by atoms with E-state index in [-0.39, 0.29) is 36.0 Å². The molecule has 150 valence electrons. The van der Waals surface area contributed by atoms with Gasteiger partial charge >= 0.3 is 11.9 Å². The third-order valence-electron chi connectivity index (χ3n) is 4.56. The summed E-state index contributed by atoms with van der Waals surface area (Å²) in [6.07, 6.45) is 1.43. The van der Waals surface area contributed by atoms with Gasteiger partial charge in [0.05, 0.1) is 19.3 Å². The molecule has 28 heavy (non-hydrogen) atoms. The number of rotatable bonds is 6. The maximum atomic E-state index is 13.1. The number of esters is 2. The van der Waals surface area contributed by atoms with E-state index in [1.54, 1.807) is 0 Å². The van der Waals surface area contributed by atoms with Gasteiger partial charge in [0.15, 0.2) is 5.84 Å². The highest BCUT2D eigenvalue weighted by molar-refractivity contribution is 6.23. The SMILES string of the molecule is COC(=O)c1ccc(C2=NC(CCOC(C)=O)(C(C)C)C(=O)N2C(C)=O)nc1. The summed E-state index contributed by atoms with van der Waals surface area (Å²) in [5, 5.41) is 0. The van der Waals surface area contributed by atoms with Gasteiger partial charge in [0.1, 0.15) is 11.2 Å². The Morgan fingerprint density at radius 3 is 2.36 bits per heavy atom. The van der Waals surface area contributed by atoms with Gasteiger partial charge in [-0.15, -0.1) is 0 Å². The molecule has 0 aromatic carbocycles. The number of amidine groups is 1. The van der Waals surface area contributed by atoms with Crippen LogP contribution in [0.5, 0.6) is 0 Å². The van der Waals surface area contributed by atoms with Crippen LogP contribution in [0.25, 0.3) is 0 Å². The molecule has 1 unspecified atom stereocenters. The van der Waals surface area contributed by atoms with E-state index in [1.165, 1.54) is 39.3 Å². The lowest BCUT2D eigenvalue weighted by Gasteiger charge is -2.28. The predicted molar refractivity (Wildman–Crippen MR) is 98.5 cm³/mol. The minimum Gasteiger partial charge on any atom is -0.466 e. The lowest BCUT2D eigenvalue weighted by Crippen LogP contribution is -2.48. The van der Waals surface area contributed by atoms with Gasteiger partial charge in [-0.2, -0.15) is 0 Å². The zero-order valence-corrected chi connectivity index (χ0v) is 16.5. The molecule has 9 nitrogen and oxygen atoms in total. The monoisotopic (exact) mass is 389 g/mol. The summed E-state index contributed by atoms with van der Waals surface area (Å²) in [6.45, 7) is 6.16. The van der Waals surface area contributed by atoms with Crippen molar-refractivity contribution < 1.29 is 28.7 Å². The topological polar surface area (TPSA) is 115 Å². The second kappa shape index (κ2) is 8.28. The van der Waals surface area contributed by atoms with Gasteiger partial charge in [-0.05, 0) is 18.1 Å². The van der Waals surface area contributed by atoms with Gasteiger partial charge in [0.25, 0.3) is 5.91 Å². The summed E-state index contributed by atoms with van der Waals surface area (Å²) in [6, 6.07) is 2.98. The van der Waals surface area contributed by atoms with E-state index in [1.807, 2.05) is 13.8 Å². The van der Waals surface area contributed by atoms with Gasteiger partial charge in [-0.25, -0.2) is 14.7 Å². The van der Waals surface area contributed by atoms with E-state index in [2.05, 4.69) is 14.7 Å². The number of methoxy groups -OCH3 is 1. The zero-order chi connectivity index (χ0) is 21.1. The molecule has 0 saturated carbocycles. The second-order valence-corrected chi connectivity index (χ2v) is 6.69. The van der Waals surface area contributed by atoms with Gasteiger partial charge < -0.3 is 9.47 Å². The summed E-state index contributed by atoms with van der Waals surface area (Å²) in [4.78, 5) is 57.7. The van der Waals surface area contributed by atoms with Gasteiger partial charge in [0.2, 0.25) is 5.91 Å². The van der Waals surface area contributed by atoms with Gasteiger partial charge in [-0.3, -0.25) is 19.4 Å². The summed E-state index contributed by atoms with van der Waals surface area (Å²) < 4.78 is 9.62. The molecule has 0 aliphatic carbocycles. The van der Waals surface area contributed by atoms with E-state index in [0.717, 1.165) is 4.90 Å². The van der Waals surface area contributed by atoms with E-state index < -0.39 is 29.3 Å². The molecule has 2 heterocycles. The number of amides is 2. The Morgan fingerprint density at radius 1 is 1.21 bits per heavy atom. The molecule has 2 rings (SSSR count). The van der Waals surface area contributed by atoms with Crippen molar-refractivity contribution in [1.29, 1.82) is 0 Å². The van der Waals surface area contributed by atoms with Crippen molar-refractivity contribution in [3.05, 3.63) is 29.6 Å². The van der Waals surface area contributed by atoms with Crippen LogP contribution in [0, 0.1) is 5.92 Å². The molecule has 0 spiro atoms. The third kappa shape index (κ3) is 3.92. The molecule has 0 saturated heterocycles. The zero-order valence-electron chi connectivity index (χ0n) is 16.5. The van der Waals surface area contributed by atoms with Crippen LogP contribution in [0.3, 0.4) is 0 Å². The quantitative estimate of drug-likeness (QED) is 0.674. The molecule has 1 aromatic heterocycles. The summed E-state index contributed by atoms with van der Waals surface area (Å²) >= 11 is 0. The summed E-state index contributed by atoms with van der Waals surface area (Å²) in [7, 11) is 1.26. The van der Waals surface area contributed by atoms with E-state index in [9.17, 15) is 19.2 Å². The van der Waals surface area contributed by atoms with Crippen molar-refractivity contribution in [2.75, 3.05) is 13.7 Å². The first-order chi connectivity index (χ1) is 13.1. The molecule has 0 N–H and O–H groups in total. The standard InChI is InChI=1S/C19H23N3O6/c1-11(2)19(8-9-28-13(4)24)18(26)22(12(3)23)16(21-19)15-7-6-14(10-20-15)17(25)27-5/h6-7,10-11H,8-9H2,1-5H3. The summed E-state index contributed by atoms with van der Waals surface area (Å²) in [5.41, 5.74) is -0.749. The van der Waals surface area contributed by atoms with Crippen molar-refractivity contribution in [1.82, 2.24) is 9.88 Å². The lowest BCUT2D eigenvalue weighted by molar-refractivity contribution is -0.146. The first-order valence-electron chi connectivity index (χ1n) is 8.77. The second-order valence-electron chi connectivity index (χ2n) is 6.69. The van der Waals surface area contributed by atoms with E-state index >= 15 is 0 Å². The number of nitrogens with zero attached hydrogens (tertiary/aromatic N) is 3. The van der Waals surface area contributed by atoms with Crippen molar-refractivity contribution in [2.45, 2.75) is 39.7 Å². The number of hydrogen-bond donors (Lipinski definition) is 0. The Hall–Kier alpha value is -3.10. The van der Waals surface area contributed by atoms with Crippen LogP contribution in [-0.4, -0.2) is 58.7 Å². The average Bonchev–Trinajstić information content (AvgIpc) is 2.95. The highest BCUT2D eigenvalue weighted by Gasteiger charge is 2.52. The normalized spacial score (nSPS) is 18.9. The van der Waals surface area contributed by atoms with Crippen molar-refractivity contribution in [3.8, 4) is 0 Å². The minimum atomic E-state index is -1.25. The third-order valence-corrected chi connectivity index (χ3v) is 4.56. The van der Waals surface area contributed by atoms with Crippen LogP contribution in [0.15, 0.2) is 23.3 Å².